The van der Waals surface area contributed by atoms with Crippen molar-refractivity contribution in [3.05, 3.63) is 28.5 Å². The van der Waals surface area contributed by atoms with Gasteiger partial charge in [0.2, 0.25) is 0 Å². The molecule has 1 rings (SSSR count). The van der Waals surface area contributed by atoms with Gasteiger partial charge < -0.3 is 14.9 Å². The third-order valence-corrected chi connectivity index (χ3v) is 1.85. The first kappa shape index (κ1) is 10.2. The van der Waals surface area contributed by atoms with Crippen molar-refractivity contribution in [2.45, 2.75) is 6.29 Å². The van der Waals surface area contributed by atoms with Crippen molar-refractivity contribution in [3.63, 3.8) is 0 Å². The Balaban J connectivity index is 3.30. The second kappa shape index (κ2) is 3.91. The lowest BCUT2D eigenvalue weighted by molar-refractivity contribution is -0.0442. The minimum Gasteiger partial charge on any atom is -0.493 e. The second-order valence-electron chi connectivity index (χ2n) is 2.36. The molecule has 1 aromatic carbocycles. The van der Waals surface area contributed by atoms with E-state index in [2.05, 4.69) is 4.74 Å². The molecular weight excluding hydrogens is 199 g/mol. The van der Waals surface area contributed by atoms with E-state index < -0.39 is 12.1 Å². The minimum atomic E-state index is -1.78. The van der Waals surface area contributed by atoms with Crippen LogP contribution in [-0.4, -0.2) is 17.3 Å². The van der Waals surface area contributed by atoms with Crippen molar-refractivity contribution in [2.75, 3.05) is 7.11 Å². The van der Waals surface area contributed by atoms with Crippen molar-refractivity contribution in [1.82, 2.24) is 0 Å². The molecule has 1 aromatic rings. The Kier molecular flexibility index (Phi) is 3.08. The van der Waals surface area contributed by atoms with Crippen molar-refractivity contribution < 1.29 is 19.3 Å². The van der Waals surface area contributed by atoms with Crippen molar-refractivity contribution in [1.29, 1.82) is 0 Å². The van der Waals surface area contributed by atoms with Crippen LogP contribution in [0.25, 0.3) is 0 Å². The van der Waals surface area contributed by atoms with Gasteiger partial charge in [-0.3, -0.25) is 0 Å². The van der Waals surface area contributed by atoms with Gasteiger partial charge in [-0.2, -0.15) is 0 Å². The largest absolute Gasteiger partial charge is 0.493 e. The molecule has 0 radical (unpaired) electrons. The Hall–Kier alpha value is -0.840. The van der Waals surface area contributed by atoms with Gasteiger partial charge in [-0.1, -0.05) is 11.6 Å². The molecular formula is C8H8ClFO3. The van der Waals surface area contributed by atoms with E-state index in [1.165, 1.54) is 19.2 Å². The highest BCUT2D eigenvalue weighted by Crippen LogP contribution is 2.31. The van der Waals surface area contributed by atoms with Crippen LogP contribution in [0.5, 0.6) is 5.75 Å². The molecule has 0 aliphatic carbocycles. The van der Waals surface area contributed by atoms with Gasteiger partial charge in [-0.05, 0) is 12.1 Å². The van der Waals surface area contributed by atoms with Gasteiger partial charge in [-0.15, -0.1) is 0 Å². The number of aliphatic hydroxyl groups excluding tert-OH is 1. The molecule has 5 heteroatoms. The normalized spacial score (nSPS) is 10.6. The van der Waals surface area contributed by atoms with Gasteiger partial charge in [-0.25, -0.2) is 4.39 Å². The van der Waals surface area contributed by atoms with E-state index in [1.807, 2.05) is 0 Å². The fraction of sp³-hybridized carbons (Fsp3) is 0.250. The number of hydrogen-bond donors (Lipinski definition) is 2. The first-order valence-electron chi connectivity index (χ1n) is 3.46. The molecule has 0 heterocycles. The standard InChI is InChI=1S/C8H8ClFO3/c1-13-7-4(8(11)12)2-3-5(9)6(7)10/h2-3,8,11-12H,1H3. The highest BCUT2D eigenvalue weighted by molar-refractivity contribution is 6.30. The summed E-state index contributed by atoms with van der Waals surface area (Å²) < 4.78 is 17.8. The van der Waals surface area contributed by atoms with E-state index in [1.54, 1.807) is 0 Å². The monoisotopic (exact) mass is 206 g/mol. The van der Waals surface area contributed by atoms with E-state index in [-0.39, 0.29) is 16.3 Å². The number of aliphatic hydroxyl groups is 2. The maximum Gasteiger partial charge on any atom is 0.184 e. The third-order valence-electron chi connectivity index (χ3n) is 1.56. The van der Waals surface area contributed by atoms with Gasteiger partial charge in [0, 0.05) is 0 Å². The lowest BCUT2D eigenvalue weighted by atomic mass is 10.2. The summed E-state index contributed by atoms with van der Waals surface area (Å²) >= 11 is 5.45. The van der Waals surface area contributed by atoms with E-state index in [9.17, 15) is 4.39 Å². The van der Waals surface area contributed by atoms with E-state index in [0.29, 0.717) is 0 Å². The number of benzene rings is 1. The van der Waals surface area contributed by atoms with E-state index in [4.69, 9.17) is 21.8 Å². The molecule has 0 fully saturated rings. The van der Waals surface area contributed by atoms with Gasteiger partial charge in [0.05, 0.1) is 17.7 Å². The number of ether oxygens (including phenoxy) is 1. The molecule has 0 bridgehead atoms. The summed E-state index contributed by atoms with van der Waals surface area (Å²) in [6, 6.07) is 2.52. The lowest BCUT2D eigenvalue weighted by Gasteiger charge is -2.11. The molecule has 72 valence electrons. The smallest absolute Gasteiger partial charge is 0.184 e. The van der Waals surface area contributed by atoms with Crippen LogP contribution in [0.2, 0.25) is 5.02 Å². The maximum atomic E-state index is 13.1. The second-order valence-corrected chi connectivity index (χ2v) is 2.76. The molecule has 0 saturated carbocycles. The van der Waals surface area contributed by atoms with Crippen molar-refractivity contribution in [2.24, 2.45) is 0 Å². The minimum absolute atomic E-state index is 0.0515. The van der Waals surface area contributed by atoms with Crippen LogP contribution >= 0.6 is 11.6 Å². The first-order chi connectivity index (χ1) is 6.07. The summed E-state index contributed by atoms with van der Waals surface area (Å²) in [7, 11) is 1.22. The van der Waals surface area contributed by atoms with Gasteiger partial charge in [0.15, 0.2) is 17.9 Å². The molecule has 0 atom stereocenters. The van der Waals surface area contributed by atoms with Crippen LogP contribution in [0.15, 0.2) is 12.1 Å². The zero-order valence-corrected chi connectivity index (χ0v) is 7.55. The predicted molar refractivity (Wildman–Crippen MR) is 45.1 cm³/mol. The molecule has 2 N–H and O–H groups in total. The van der Waals surface area contributed by atoms with Crippen LogP contribution < -0.4 is 4.74 Å². The number of halogens is 2. The summed E-state index contributed by atoms with van der Waals surface area (Å²) in [5.41, 5.74) is -0.0515. The molecule has 0 unspecified atom stereocenters. The molecule has 0 aliphatic rings. The fourth-order valence-corrected chi connectivity index (χ4v) is 1.11. The molecule has 0 amide bonds. The summed E-state index contributed by atoms with van der Waals surface area (Å²) in [4.78, 5) is 0. The summed E-state index contributed by atoms with van der Waals surface area (Å²) in [5.74, 6) is -1.04. The number of hydrogen-bond acceptors (Lipinski definition) is 3. The number of methoxy groups -OCH3 is 1. The van der Waals surface area contributed by atoms with Crippen LogP contribution in [0.1, 0.15) is 11.9 Å². The van der Waals surface area contributed by atoms with E-state index in [0.717, 1.165) is 0 Å². The van der Waals surface area contributed by atoms with Crippen LogP contribution in [0.4, 0.5) is 4.39 Å². The Bertz CT molecular complexity index is 315. The number of rotatable bonds is 2. The Morgan fingerprint density at radius 1 is 1.46 bits per heavy atom. The van der Waals surface area contributed by atoms with Crippen molar-refractivity contribution in [3.8, 4) is 5.75 Å². The van der Waals surface area contributed by atoms with Gasteiger partial charge in [0.25, 0.3) is 0 Å². The van der Waals surface area contributed by atoms with Crippen LogP contribution in [0.3, 0.4) is 0 Å². The zero-order chi connectivity index (χ0) is 10.0. The van der Waals surface area contributed by atoms with Crippen molar-refractivity contribution >= 4 is 11.6 Å². The maximum absolute atomic E-state index is 13.1. The summed E-state index contributed by atoms with van der Waals surface area (Å²) in [6.45, 7) is 0. The molecule has 0 saturated heterocycles. The Morgan fingerprint density at radius 2 is 2.08 bits per heavy atom. The Labute approximate surface area is 79.3 Å². The zero-order valence-electron chi connectivity index (χ0n) is 6.79. The SMILES string of the molecule is COc1c(C(O)O)ccc(Cl)c1F. The summed E-state index contributed by atoms with van der Waals surface area (Å²) in [5, 5.41) is 17.5. The fourth-order valence-electron chi connectivity index (χ4n) is 0.958. The third kappa shape index (κ3) is 1.91. The molecule has 13 heavy (non-hydrogen) atoms. The van der Waals surface area contributed by atoms with Crippen LogP contribution in [0, 0.1) is 5.82 Å². The average molecular weight is 207 g/mol. The highest BCUT2D eigenvalue weighted by Gasteiger charge is 2.16. The highest BCUT2D eigenvalue weighted by atomic mass is 35.5. The molecule has 0 aromatic heterocycles. The predicted octanol–water partition coefficient (Wildman–Crippen LogP) is 1.47. The lowest BCUT2D eigenvalue weighted by Crippen LogP contribution is -2.01. The van der Waals surface area contributed by atoms with Crippen LogP contribution in [-0.2, 0) is 0 Å². The van der Waals surface area contributed by atoms with E-state index >= 15 is 0 Å². The van der Waals surface area contributed by atoms with Gasteiger partial charge in [0.1, 0.15) is 0 Å². The molecule has 0 spiro atoms. The quantitative estimate of drug-likeness (QED) is 0.721. The topological polar surface area (TPSA) is 49.7 Å². The Morgan fingerprint density at radius 3 is 2.54 bits per heavy atom. The van der Waals surface area contributed by atoms with Gasteiger partial charge >= 0.3 is 0 Å². The first-order valence-corrected chi connectivity index (χ1v) is 3.83. The molecule has 0 aliphatic heterocycles. The summed E-state index contributed by atoms with van der Waals surface area (Å²) in [6.07, 6.45) is -1.78. The molecule has 3 nitrogen and oxygen atoms in total. The average Bonchev–Trinajstić information content (AvgIpc) is 2.09.